The number of fused-ring (bicyclic) bond motifs is 1. The van der Waals surface area contributed by atoms with Gasteiger partial charge in [0.25, 0.3) is 0 Å². The van der Waals surface area contributed by atoms with Crippen molar-refractivity contribution in [3.63, 3.8) is 0 Å². The summed E-state index contributed by atoms with van der Waals surface area (Å²) < 4.78 is 10.0. The Bertz CT molecular complexity index is 1830. The van der Waals surface area contributed by atoms with Gasteiger partial charge in [0, 0.05) is 56.5 Å². The molecule has 218 valence electrons. The average Bonchev–Trinajstić information content (AvgIpc) is 3.82. The van der Waals surface area contributed by atoms with E-state index in [-0.39, 0.29) is 0 Å². The van der Waals surface area contributed by atoms with Crippen molar-refractivity contribution in [2.75, 3.05) is 32.8 Å². The summed E-state index contributed by atoms with van der Waals surface area (Å²) in [6, 6.07) is 21.3. The zero-order valence-electron chi connectivity index (χ0n) is 24.6. The van der Waals surface area contributed by atoms with E-state index in [0.717, 1.165) is 103 Å². The fraction of sp³-hybridized carbons (Fsp3) is 0.303. The lowest BCUT2D eigenvalue weighted by Crippen LogP contribution is -2.38. The van der Waals surface area contributed by atoms with Crippen LogP contribution in [0.3, 0.4) is 0 Å². The van der Waals surface area contributed by atoms with E-state index in [1.165, 1.54) is 5.56 Å². The first-order chi connectivity index (χ1) is 21.2. The highest BCUT2D eigenvalue weighted by Gasteiger charge is 2.16. The summed E-state index contributed by atoms with van der Waals surface area (Å²) in [6.07, 6.45) is 4.96. The number of rotatable bonds is 9. The van der Waals surface area contributed by atoms with Crippen LogP contribution < -0.4 is 0 Å². The van der Waals surface area contributed by atoms with Crippen LogP contribution in [0, 0.1) is 6.92 Å². The average molecular weight is 574 g/mol. The third kappa shape index (κ3) is 5.59. The van der Waals surface area contributed by atoms with E-state index in [1.807, 2.05) is 24.5 Å². The second-order valence-corrected chi connectivity index (χ2v) is 11.1. The Hall–Kier alpha value is -4.67. The molecule has 0 saturated carbocycles. The van der Waals surface area contributed by atoms with E-state index >= 15 is 0 Å². The molecule has 1 aliphatic rings. The van der Waals surface area contributed by atoms with E-state index in [4.69, 9.17) is 14.7 Å². The summed E-state index contributed by atoms with van der Waals surface area (Å²) >= 11 is 0. The van der Waals surface area contributed by atoms with Crippen LogP contribution in [-0.2, 0) is 24.2 Å². The van der Waals surface area contributed by atoms with E-state index in [0.29, 0.717) is 5.82 Å². The molecular formula is C33H35N9O. The van der Waals surface area contributed by atoms with E-state index < -0.39 is 0 Å². The molecule has 3 aromatic carbocycles. The first-order valence-electron chi connectivity index (χ1n) is 14.9. The van der Waals surface area contributed by atoms with Crippen molar-refractivity contribution < 1.29 is 4.74 Å². The highest BCUT2D eigenvalue weighted by molar-refractivity contribution is 5.85. The van der Waals surface area contributed by atoms with Gasteiger partial charge in [-0.2, -0.15) is 5.21 Å². The number of nitrogens with one attached hydrogen (secondary N) is 1. The van der Waals surface area contributed by atoms with Gasteiger partial charge in [-0.25, -0.2) is 9.97 Å². The van der Waals surface area contributed by atoms with Gasteiger partial charge < -0.3 is 13.9 Å². The Balaban J connectivity index is 1.15. The molecule has 3 aromatic heterocycles. The van der Waals surface area contributed by atoms with Gasteiger partial charge in [0.15, 0.2) is 0 Å². The molecule has 43 heavy (non-hydrogen) atoms. The smallest absolute Gasteiger partial charge is 0.205 e. The Morgan fingerprint density at radius 1 is 0.930 bits per heavy atom. The zero-order chi connectivity index (χ0) is 29.2. The van der Waals surface area contributed by atoms with Crippen LogP contribution in [0.4, 0.5) is 0 Å². The second-order valence-electron chi connectivity index (χ2n) is 11.1. The highest BCUT2D eigenvalue weighted by atomic mass is 16.5. The fourth-order valence-electron chi connectivity index (χ4n) is 5.93. The molecule has 1 fully saturated rings. The Labute approximate surface area is 250 Å². The van der Waals surface area contributed by atoms with Crippen LogP contribution in [0.25, 0.3) is 44.8 Å². The van der Waals surface area contributed by atoms with Crippen LogP contribution in [0.1, 0.15) is 23.9 Å². The SMILES string of the molecule is CCc1nc2c(C)cc(-c3cn(CCN4CCOCC4)cn3)cc2n1Cc1ccc(-c2ccccc2-c2nn[nH]n2)cc1. The number of morpholine rings is 1. The maximum atomic E-state index is 5.48. The molecular weight excluding hydrogens is 538 g/mol. The largest absolute Gasteiger partial charge is 0.379 e. The van der Waals surface area contributed by atoms with Crippen LogP contribution in [0.2, 0.25) is 0 Å². The third-order valence-electron chi connectivity index (χ3n) is 8.27. The quantitative estimate of drug-likeness (QED) is 0.260. The molecule has 0 amide bonds. The van der Waals surface area contributed by atoms with Crippen LogP contribution in [0.15, 0.2) is 73.2 Å². The summed E-state index contributed by atoms with van der Waals surface area (Å²) in [5.41, 5.74) is 9.81. The number of aromatic amines is 1. The van der Waals surface area contributed by atoms with Crippen LogP contribution >= 0.6 is 0 Å². The van der Waals surface area contributed by atoms with E-state index in [1.54, 1.807) is 0 Å². The maximum absolute atomic E-state index is 5.48. The predicted octanol–water partition coefficient (Wildman–Crippen LogP) is 5.00. The third-order valence-corrected chi connectivity index (χ3v) is 8.27. The molecule has 0 aliphatic carbocycles. The molecule has 6 aromatic rings. The number of H-pyrrole nitrogens is 1. The van der Waals surface area contributed by atoms with Gasteiger partial charge in [0.05, 0.1) is 36.3 Å². The molecule has 10 nitrogen and oxygen atoms in total. The van der Waals surface area contributed by atoms with Gasteiger partial charge in [0.1, 0.15) is 5.82 Å². The topological polar surface area (TPSA) is 103 Å². The number of benzene rings is 3. The molecule has 7 rings (SSSR count). The van der Waals surface area contributed by atoms with Gasteiger partial charge in [-0.05, 0) is 46.5 Å². The number of nitrogens with zero attached hydrogens (tertiary/aromatic N) is 8. The van der Waals surface area contributed by atoms with Gasteiger partial charge >= 0.3 is 0 Å². The normalized spacial score (nSPS) is 14.1. The number of aromatic nitrogens is 8. The van der Waals surface area contributed by atoms with Crippen molar-refractivity contribution in [3.05, 3.63) is 90.1 Å². The lowest BCUT2D eigenvalue weighted by molar-refractivity contribution is 0.0364. The molecule has 0 bridgehead atoms. The van der Waals surface area contributed by atoms with Crippen molar-refractivity contribution in [1.29, 1.82) is 0 Å². The van der Waals surface area contributed by atoms with Gasteiger partial charge in [-0.15, -0.1) is 10.2 Å². The summed E-state index contributed by atoms with van der Waals surface area (Å²) in [5, 5.41) is 14.7. The Kier molecular flexibility index (Phi) is 7.53. The minimum absolute atomic E-state index is 0.588. The highest BCUT2D eigenvalue weighted by Crippen LogP contribution is 2.31. The van der Waals surface area contributed by atoms with E-state index in [9.17, 15) is 0 Å². The first-order valence-corrected chi connectivity index (χ1v) is 14.9. The number of hydrogen-bond donors (Lipinski definition) is 1. The van der Waals surface area contributed by atoms with Gasteiger partial charge in [-0.1, -0.05) is 55.5 Å². The summed E-state index contributed by atoms with van der Waals surface area (Å²) in [5.74, 6) is 1.67. The van der Waals surface area contributed by atoms with Crippen molar-refractivity contribution >= 4 is 11.0 Å². The number of imidazole rings is 2. The number of hydrogen-bond acceptors (Lipinski definition) is 7. The maximum Gasteiger partial charge on any atom is 0.205 e. The standard InChI is InChI=1S/C33H35N9O/c1-3-31-35-32-23(2)18-26(29-21-41(22-34-29)13-12-40-14-16-43-17-15-40)19-30(32)42(31)20-24-8-10-25(11-9-24)27-6-4-5-7-28(27)33-36-38-39-37-33/h4-11,18-19,21-22H,3,12-17,20H2,1-2H3,(H,36,37,38,39). The first kappa shape index (κ1) is 27.2. The van der Waals surface area contributed by atoms with Crippen LogP contribution in [-0.4, -0.2) is 77.5 Å². The number of tetrazole rings is 1. The second kappa shape index (κ2) is 11.9. The predicted molar refractivity (Wildman–Crippen MR) is 166 cm³/mol. The molecule has 1 N–H and O–H groups in total. The lowest BCUT2D eigenvalue weighted by Gasteiger charge is -2.26. The summed E-state index contributed by atoms with van der Waals surface area (Å²) in [7, 11) is 0. The van der Waals surface area contributed by atoms with Crippen LogP contribution in [0.5, 0.6) is 0 Å². The molecule has 10 heteroatoms. The molecule has 0 unspecified atom stereocenters. The fourth-order valence-corrected chi connectivity index (χ4v) is 5.93. The van der Waals surface area contributed by atoms with Crippen molar-refractivity contribution in [2.24, 2.45) is 0 Å². The summed E-state index contributed by atoms with van der Waals surface area (Å²) in [4.78, 5) is 12.3. The van der Waals surface area contributed by atoms with Crippen molar-refractivity contribution in [2.45, 2.75) is 33.4 Å². The zero-order valence-corrected chi connectivity index (χ0v) is 24.6. The van der Waals surface area contributed by atoms with Crippen molar-refractivity contribution in [1.82, 2.24) is 44.6 Å². The monoisotopic (exact) mass is 573 g/mol. The van der Waals surface area contributed by atoms with Crippen molar-refractivity contribution in [3.8, 4) is 33.8 Å². The molecule has 1 aliphatic heterocycles. The van der Waals surface area contributed by atoms with Gasteiger partial charge in [-0.3, -0.25) is 4.90 Å². The Morgan fingerprint density at radius 3 is 2.51 bits per heavy atom. The van der Waals surface area contributed by atoms with Gasteiger partial charge in [0.2, 0.25) is 5.82 Å². The van der Waals surface area contributed by atoms with E-state index in [2.05, 4.69) is 97.2 Å². The minimum Gasteiger partial charge on any atom is -0.379 e. The summed E-state index contributed by atoms with van der Waals surface area (Å²) in [6.45, 7) is 10.6. The molecule has 0 radical (unpaired) electrons. The lowest BCUT2D eigenvalue weighted by atomic mass is 9.98. The molecule has 0 spiro atoms. The Morgan fingerprint density at radius 2 is 1.74 bits per heavy atom. The minimum atomic E-state index is 0.588. The number of ether oxygens (including phenoxy) is 1. The molecule has 4 heterocycles. The molecule has 1 saturated heterocycles. The number of aryl methyl sites for hydroxylation is 2. The molecule has 0 atom stereocenters.